The van der Waals surface area contributed by atoms with Crippen molar-refractivity contribution in [2.24, 2.45) is 17.8 Å². The van der Waals surface area contributed by atoms with Gasteiger partial charge in [0.05, 0.1) is 0 Å². The van der Waals surface area contributed by atoms with Crippen LogP contribution in [0.4, 0.5) is 4.79 Å². The summed E-state index contributed by atoms with van der Waals surface area (Å²) in [5, 5.41) is 14.4. The van der Waals surface area contributed by atoms with Crippen molar-refractivity contribution >= 4 is 18.0 Å². The Hall–Kier alpha value is -3.35. The Morgan fingerprint density at radius 3 is 2.30 bits per heavy atom. The summed E-state index contributed by atoms with van der Waals surface area (Å²) in [4.78, 5) is 35.2. The lowest BCUT2D eigenvalue weighted by Crippen LogP contribution is -2.31. The highest BCUT2D eigenvalue weighted by Gasteiger charge is 2.42. The van der Waals surface area contributed by atoms with Gasteiger partial charge in [0.15, 0.2) is 0 Å². The second-order valence-corrected chi connectivity index (χ2v) is 9.09. The number of alkyl carbamates (subject to hydrolysis) is 1. The number of hydrogen-bond donors (Lipinski definition) is 3. The number of carbonyl (C=O) groups excluding carboxylic acids is 2. The highest BCUT2D eigenvalue weighted by Crippen LogP contribution is 2.44. The number of ether oxygens (including phenoxy) is 1. The molecule has 3 N–H and O–H groups in total. The number of carboxylic acids is 1. The molecule has 4 rings (SSSR count). The third-order valence-electron chi connectivity index (χ3n) is 6.57. The zero-order valence-electron chi connectivity index (χ0n) is 18.8. The Bertz CT molecular complexity index is 991. The molecule has 7 heteroatoms. The zero-order valence-corrected chi connectivity index (χ0v) is 18.8. The van der Waals surface area contributed by atoms with Crippen molar-refractivity contribution in [1.82, 2.24) is 10.6 Å². The molecule has 2 aliphatic carbocycles. The predicted octanol–water partition coefficient (Wildman–Crippen LogP) is 3.78. The molecule has 0 radical (unpaired) electrons. The maximum absolute atomic E-state index is 12.3. The number of amides is 2. The van der Waals surface area contributed by atoms with Gasteiger partial charge in [-0.25, -0.2) is 4.79 Å². The maximum atomic E-state index is 12.3. The molecule has 2 aromatic rings. The lowest BCUT2D eigenvalue weighted by Gasteiger charge is -2.14. The molecule has 0 aromatic heterocycles. The molecule has 7 nitrogen and oxygen atoms in total. The summed E-state index contributed by atoms with van der Waals surface area (Å²) in [5.74, 6) is -0.804. The first-order chi connectivity index (χ1) is 15.9. The molecule has 1 unspecified atom stereocenters. The Kier molecular flexibility index (Phi) is 6.96. The number of carbonyl (C=O) groups is 3. The van der Waals surface area contributed by atoms with Crippen LogP contribution in [-0.4, -0.2) is 42.8 Å². The van der Waals surface area contributed by atoms with Crippen molar-refractivity contribution < 1.29 is 24.2 Å². The number of carboxylic acid groups (broad SMARTS) is 1. The average molecular weight is 451 g/mol. The van der Waals surface area contributed by atoms with Crippen LogP contribution in [0.15, 0.2) is 48.5 Å². The number of benzene rings is 2. The van der Waals surface area contributed by atoms with Gasteiger partial charge in [0.1, 0.15) is 6.61 Å². The van der Waals surface area contributed by atoms with E-state index in [9.17, 15) is 14.4 Å². The molecule has 2 aromatic carbocycles. The number of aliphatic carboxylic acids is 1. The van der Waals surface area contributed by atoms with Crippen molar-refractivity contribution in [3.63, 3.8) is 0 Å². The summed E-state index contributed by atoms with van der Waals surface area (Å²) in [6, 6.07) is 16.4. The molecule has 0 aliphatic heterocycles. The smallest absolute Gasteiger partial charge is 0.407 e. The van der Waals surface area contributed by atoms with E-state index in [0.717, 1.165) is 6.42 Å². The fraction of sp³-hybridized carbons (Fsp3) is 0.423. The van der Waals surface area contributed by atoms with Crippen LogP contribution in [0.1, 0.15) is 43.2 Å². The van der Waals surface area contributed by atoms with E-state index in [4.69, 9.17) is 9.84 Å². The molecule has 0 spiro atoms. The number of rotatable bonds is 10. The van der Waals surface area contributed by atoms with Crippen LogP contribution in [-0.2, 0) is 14.3 Å². The van der Waals surface area contributed by atoms with Crippen LogP contribution in [0, 0.1) is 17.8 Å². The van der Waals surface area contributed by atoms with Crippen molar-refractivity contribution in [2.45, 2.75) is 32.1 Å². The van der Waals surface area contributed by atoms with Crippen molar-refractivity contribution in [3.8, 4) is 11.1 Å². The van der Waals surface area contributed by atoms with Gasteiger partial charge in [0.2, 0.25) is 5.91 Å². The lowest BCUT2D eigenvalue weighted by molar-refractivity contribution is -0.138. The van der Waals surface area contributed by atoms with Crippen molar-refractivity contribution in [1.29, 1.82) is 0 Å². The highest BCUT2D eigenvalue weighted by molar-refractivity contribution is 5.82. The van der Waals surface area contributed by atoms with E-state index in [1.807, 2.05) is 31.2 Å². The largest absolute Gasteiger partial charge is 0.481 e. The maximum Gasteiger partial charge on any atom is 0.407 e. The minimum Gasteiger partial charge on any atom is -0.481 e. The minimum atomic E-state index is -0.824. The Balaban J connectivity index is 1.18. The molecule has 2 amide bonds. The molecule has 174 valence electrons. The van der Waals surface area contributed by atoms with Gasteiger partial charge in [-0.1, -0.05) is 55.5 Å². The third-order valence-corrected chi connectivity index (χ3v) is 6.57. The first-order valence-electron chi connectivity index (χ1n) is 11.5. The molecule has 0 bridgehead atoms. The molecule has 1 fully saturated rings. The molecule has 2 aliphatic rings. The SMILES string of the molecule is CC(CCNC(=O)[C@H]1C[C@H]1CNC(=O)OCC1c2ccccc2-c2ccccc21)CC(=O)O. The molecule has 1 saturated carbocycles. The van der Waals surface area contributed by atoms with Gasteiger partial charge in [0.25, 0.3) is 0 Å². The summed E-state index contributed by atoms with van der Waals surface area (Å²) in [6.45, 7) is 3.00. The van der Waals surface area contributed by atoms with E-state index in [2.05, 4.69) is 34.9 Å². The van der Waals surface area contributed by atoms with E-state index in [1.54, 1.807) is 0 Å². The minimum absolute atomic E-state index is 0.0196. The quantitative estimate of drug-likeness (QED) is 0.511. The fourth-order valence-electron chi connectivity index (χ4n) is 4.63. The fourth-order valence-corrected chi connectivity index (χ4v) is 4.63. The first kappa shape index (κ1) is 22.8. The zero-order chi connectivity index (χ0) is 23.4. The average Bonchev–Trinajstić information content (AvgIpc) is 3.51. The van der Waals surface area contributed by atoms with Gasteiger partial charge < -0.3 is 20.5 Å². The molecular formula is C26H30N2O5. The van der Waals surface area contributed by atoms with Gasteiger partial charge >= 0.3 is 12.1 Å². The molecule has 3 atom stereocenters. The van der Waals surface area contributed by atoms with Crippen molar-refractivity contribution in [2.75, 3.05) is 19.7 Å². The van der Waals surface area contributed by atoms with E-state index in [1.165, 1.54) is 22.3 Å². The van der Waals surface area contributed by atoms with Gasteiger partial charge in [-0.2, -0.15) is 0 Å². The standard InChI is InChI=1S/C26H30N2O5/c1-16(12-24(29)30)10-11-27-25(31)22-13-17(22)14-28-26(32)33-15-23-20-8-4-2-6-18(20)19-7-3-5-9-21(19)23/h2-9,16-17,22-23H,10-15H2,1H3,(H,27,31)(H,28,32)(H,29,30)/t16?,17-,22-/m0/s1. The lowest BCUT2D eigenvalue weighted by atomic mass is 9.98. The van der Waals surface area contributed by atoms with Crippen LogP contribution in [0.3, 0.4) is 0 Å². The molecule has 0 saturated heterocycles. The topological polar surface area (TPSA) is 105 Å². The Morgan fingerprint density at radius 1 is 1.03 bits per heavy atom. The molecule has 33 heavy (non-hydrogen) atoms. The van der Waals surface area contributed by atoms with E-state index in [-0.39, 0.29) is 42.6 Å². The molecular weight excluding hydrogens is 420 g/mol. The number of hydrogen-bond acceptors (Lipinski definition) is 4. The number of fused-ring (bicyclic) bond motifs is 3. The van der Waals surface area contributed by atoms with Gasteiger partial charge in [-0.15, -0.1) is 0 Å². The van der Waals surface area contributed by atoms with Crippen LogP contribution >= 0.6 is 0 Å². The summed E-state index contributed by atoms with van der Waals surface area (Å²) in [5.41, 5.74) is 4.71. The monoisotopic (exact) mass is 450 g/mol. The van der Waals surface area contributed by atoms with Crippen LogP contribution in [0.5, 0.6) is 0 Å². The van der Waals surface area contributed by atoms with Gasteiger partial charge in [-0.3, -0.25) is 9.59 Å². The van der Waals surface area contributed by atoms with Crippen LogP contribution in [0.25, 0.3) is 11.1 Å². The van der Waals surface area contributed by atoms with Gasteiger partial charge in [-0.05, 0) is 46.9 Å². The Morgan fingerprint density at radius 2 is 1.67 bits per heavy atom. The van der Waals surface area contributed by atoms with E-state index >= 15 is 0 Å². The molecule has 0 heterocycles. The van der Waals surface area contributed by atoms with E-state index in [0.29, 0.717) is 19.5 Å². The summed E-state index contributed by atoms with van der Waals surface area (Å²) in [7, 11) is 0. The normalized spacial score (nSPS) is 19.2. The summed E-state index contributed by atoms with van der Waals surface area (Å²) in [6.07, 6.45) is 1.00. The first-order valence-corrected chi connectivity index (χ1v) is 11.5. The van der Waals surface area contributed by atoms with Crippen LogP contribution < -0.4 is 10.6 Å². The van der Waals surface area contributed by atoms with Gasteiger partial charge in [0, 0.05) is 31.3 Å². The number of nitrogens with one attached hydrogen (secondary N) is 2. The summed E-state index contributed by atoms with van der Waals surface area (Å²) < 4.78 is 5.54. The van der Waals surface area contributed by atoms with Crippen LogP contribution in [0.2, 0.25) is 0 Å². The van der Waals surface area contributed by atoms with E-state index < -0.39 is 12.1 Å². The van der Waals surface area contributed by atoms with Crippen molar-refractivity contribution in [3.05, 3.63) is 59.7 Å². The Labute approximate surface area is 193 Å². The third kappa shape index (κ3) is 5.53. The second-order valence-electron chi connectivity index (χ2n) is 9.09. The highest BCUT2D eigenvalue weighted by atomic mass is 16.5. The summed E-state index contributed by atoms with van der Waals surface area (Å²) >= 11 is 0. The predicted molar refractivity (Wildman–Crippen MR) is 124 cm³/mol. The second kappa shape index (κ2) is 10.1.